The number of esters is 1. The summed E-state index contributed by atoms with van der Waals surface area (Å²) in [4.78, 5) is 16.1. The van der Waals surface area contributed by atoms with Gasteiger partial charge in [-0.25, -0.2) is 4.79 Å². The fourth-order valence-electron chi connectivity index (χ4n) is 2.24. The Hall–Kier alpha value is -3.40. The van der Waals surface area contributed by atoms with E-state index in [9.17, 15) is 4.79 Å². The number of aryl methyl sites for hydroxylation is 1. The molecule has 0 saturated carbocycles. The van der Waals surface area contributed by atoms with E-state index in [1.165, 1.54) is 0 Å². The minimum Gasteiger partial charge on any atom is -0.482 e. The van der Waals surface area contributed by atoms with Crippen LogP contribution in [0, 0.1) is 6.92 Å². The van der Waals surface area contributed by atoms with Crippen LogP contribution in [0.25, 0.3) is 12.2 Å². The maximum Gasteiger partial charge on any atom is 0.349 e. The predicted molar refractivity (Wildman–Crippen MR) is 102 cm³/mol. The standard InChI is InChI=1S/C22H19NO3/c1-17-5-11-20(12-6-17)25-16-22(24)26-21-13-8-18(9-14-21)7-10-19-4-2-3-15-23-19/h2-15H,16H2,1H3/b10-7+. The number of nitrogens with zero attached hydrogens (tertiary/aromatic N) is 1. The van der Waals surface area contributed by atoms with Crippen molar-refractivity contribution in [3.05, 3.63) is 89.7 Å². The molecule has 4 heteroatoms. The molecule has 0 unspecified atom stereocenters. The van der Waals surface area contributed by atoms with Gasteiger partial charge < -0.3 is 9.47 Å². The first-order valence-corrected chi connectivity index (χ1v) is 8.28. The quantitative estimate of drug-likeness (QED) is 0.486. The van der Waals surface area contributed by atoms with E-state index in [-0.39, 0.29) is 6.61 Å². The molecule has 4 nitrogen and oxygen atoms in total. The smallest absolute Gasteiger partial charge is 0.349 e. The Morgan fingerprint density at radius 2 is 1.65 bits per heavy atom. The Bertz CT molecular complexity index is 870. The number of pyridine rings is 1. The summed E-state index contributed by atoms with van der Waals surface area (Å²) < 4.78 is 10.7. The fraction of sp³-hybridized carbons (Fsp3) is 0.0909. The van der Waals surface area contributed by atoms with Crippen LogP contribution in [0.1, 0.15) is 16.8 Å². The lowest BCUT2D eigenvalue weighted by Gasteiger charge is -2.07. The molecule has 0 atom stereocenters. The highest BCUT2D eigenvalue weighted by atomic mass is 16.6. The van der Waals surface area contributed by atoms with Crippen LogP contribution in [0.3, 0.4) is 0 Å². The molecular formula is C22H19NO3. The summed E-state index contributed by atoms with van der Waals surface area (Å²) in [5, 5.41) is 0. The average Bonchev–Trinajstić information content (AvgIpc) is 2.68. The Labute approximate surface area is 152 Å². The molecule has 1 aromatic heterocycles. The highest BCUT2D eigenvalue weighted by Crippen LogP contribution is 2.15. The van der Waals surface area contributed by atoms with Crippen molar-refractivity contribution < 1.29 is 14.3 Å². The van der Waals surface area contributed by atoms with Crippen LogP contribution in [0.5, 0.6) is 11.5 Å². The van der Waals surface area contributed by atoms with Gasteiger partial charge in [0.05, 0.1) is 5.69 Å². The molecule has 2 aromatic carbocycles. The van der Waals surface area contributed by atoms with E-state index in [1.54, 1.807) is 18.3 Å². The molecule has 3 rings (SSSR count). The highest BCUT2D eigenvalue weighted by molar-refractivity contribution is 5.74. The van der Waals surface area contributed by atoms with Gasteiger partial charge in [-0.2, -0.15) is 0 Å². The average molecular weight is 345 g/mol. The second-order valence-corrected chi connectivity index (χ2v) is 5.73. The van der Waals surface area contributed by atoms with Crippen LogP contribution >= 0.6 is 0 Å². The molecule has 130 valence electrons. The van der Waals surface area contributed by atoms with Crippen LogP contribution in [-0.4, -0.2) is 17.6 Å². The summed E-state index contributed by atoms with van der Waals surface area (Å²) in [6.45, 7) is 1.86. The Kier molecular flexibility index (Phi) is 5.78. The lowest BCUT2D eigenvalue weighted by molar-refractivity contribution is -0.136. The number of carbonyl (C=O) groups excluding carboxylic acids is 1. The molecule has 0 aliphatic rings. The van der Waals surface area contributed by atoms with Crippen LogP contribution in [0.15, 0.2) is 72.9 Å². The van der Waals surface area contributed by atoms with Crippen molar-refractivity contribution >= 4 is 18.1 Å². The number of hydrogen-bond acceptors (Lipinski definition) is 4. The number of hydrogen-bond donors (Lipinski definition) is 0. The molecule has 3 aromatic rings. The van der Waals surface area contributed by atoms with Crippen molar-refractivity contribution in [1.82, 2.24) is 4.98 Å². The van der Waals surface area contributed by atoms with Crippen molar-refractivity contribution in [3.63, 3.8) is 0 Å². The largest absolute Gasteiger partial charge is 0.482 e. The molecule has 1 heterocycles. The van der Waals surface area contributed by atoms with Gasteiger partial charge in [-0.1, -0.05) is 42.0 Å². The van der Waals surface area contributed by atoms with Crippen LogP contribution < -0.4 is 9.47 Å². The van der Waals surface area contributed by atoms with E-state index in [4.69, 9.17) is 9.47 Å². The van der Waals surface area contributed by atoms with Gasteiger partial charge in [0.25, 0.3) is 0 Å². The van der Waals surface area contributed by atoms with Crippen molar-refractivity contribution in [2.45, 2.75) is 6.92 Å². The summed E-state index contributed by atoms with van der Waals surface area (Å²) >= 11 is 0. The summed E-state index contributed by atoms with van der Waals surface area (Å²) in [7, 11) is 0. The summed E-state index contributed by atoms with van der Waals surface area (Å²) in [5.74, 6) is 0.683. The Balaban J connectivity index is 1.51. The van der Waals surface area contributed by atoms with Gasteiger partial charge in [0.1, 0.15) is 11.5 Å². The first-order valence-electron chi connectivity index (χ1n) is 8.28. The third kappa shape index (κ3) is 5.31. The third-order valence-electron chi connectivity index (χ3n) is 3.62. The molecule has 0 aliphatic carbocycles. The number of aromatic nitrogens is 1. The predicted octanol–water partition coefficient (Wildman–Crippen LogP) is 4.54. The molecule has 0 bridgehead atoms. The first kappa shape index (κ1) is 17.4. The van der Waals surface area contributed by atoms with E-state index in [2.05, 4.69) is 4.98 Å². The number of carbonyl (C=O) groups is 1. The molecule has 0 radical (unpaired) electrons. The SMILES string of the molecule is Cc1ccc(OCC(=O)Oc2ccc(/C=C/c3ccccn3)cc2)cc1. The van der Waals surface area contributed by atoms with Gasteiger partial charge >= 0.3 is 5.97 Å². The maximum atomic E-state index is 11.9. The van der Waals surface area contributed by atoms with Gasteiger partial charge in [-0.15, -0.1) is 0 Å². The molecule has 26 heavy (non-hydrogen) atoms. The number of benzene rings is 2. The van der Waals surface area contributed by atoms with Crippen LogP contribution in [-0.2, 0) is 4.79 Å². The third-order valence-corrected chi connectivity index (χ3v) is 3.62. The zero-order valence-corrected chi connectivity index (χ0v) is 14.5. The lowest BCUT2D eigenvalue weighted by Crippen LogP contribution is -2.17. The monoisotopic (exact) mass is 345 g/mol. The maximum absolute atomic E-state index is 11.9. The minimum atomic E-state index is -0.442. The first-order chi connectivity index (χ1) is 12.7. The van der Waals surface area contributed by atoms with Gasteiger partial charge in [-0.05, 0) is 55.0 Å². The van der Waals surface area contributed by atoms with Gasteiger partial charge in [0, 0.05) is 6.20 Å². The minimum absolute atomic E-state index is 0.135. The zero-order chi connectivity index (χ0) is 18.2. The molecule has 0 aliphatic heterocycles. The fourth-order valence-corrected chi connectivity index (χ4v) is 2.24. The van der Waals surface area contributed by atoms with Gasteiger partial charge in [0.15, 0.2) is 6.61 Å². The lowest BCUT2D eigenvalue weighted by atomic mass is 10.2. The second-order valence-electron chi connectivity index (χ2n) is 5.73. The molecule has 0 fully saturated rings. The van der Waals surface area contributed by atoms with E-state index in [1.807, 2.05) is 73.7 Å². The Morgan fingerprint density at radius 1 is 0.923 bits per heavy atom. The second kappa shape index (κ2) is 8.62. The molecular weight excluding hydrogens is 326 g/mol. The number of rotatable bonds is 6. The van der Waals surface area contributed by atoms with Crippen molar-refractivity contribution in [3.8, 4) is 11.5 Å². The van der Waals surface area contributed by atoms with Gasteiger partial charge in [0.2, 0.25) is 0 Å². The normalized spacial score (nSPS) is 10.7. The van der Waals surface area contributed by atoms with Gasteiger partial charge in [-0.3, -0.25) is 4.98 Å². The summed E-state index contributed by atoms with van der Waals surface area (Å²) in [6, 6.07) is 20.5. The van der Waals surface area contributed by atoms with E-state index >= 15 is 0 Å². The van der Waals surface area contributed by atoms with Crippen molar-refractivity contribution in [1.29, 1.82) is 0 Å². The van der Waals surface area contributed by atoms with Crippen LogP contribution in [0.2, 0.25) is 0 Å². The Morgan fingerprint density at radius 3 is 2.35 bits per heavy atom. The topological polar surface area (TPSA) is 48.4 Å². The molecule has 0 amide bonds. The summed E-state index contributed by atoms with van der Waals surface area (Å²) in [6.07, 6.45) is 5.63. The van der Waals surface area contributed by atoms with Crippen LogP contribution in [0.4, 0.5) is 0 Å². The summed E-state index contributed by atoms with van der Waals surface area (Å²) in [5.41, 5.74) is 3.01. The highest BCUT2D eigenvalue weighted by Gasteiger charge is 2.06. The van der Waals surface area contributed by atoms with Crippen molar-refractivity contribution in [2.75, 3.05) is 6.61 Å². The van der Waals surface area contributed by atoms with E-state index in [0.717, 1.165) is 16.8 Å². The molecule has 0 spiro atoms. The van der Waals surface area contributed by atoms with Crippen molar-refractivity contribution in [2.24, 2.45) is 0 Å². The zero-order valence-electron chi connectivity index (χ0n) is 14.5. The molecule has 0 saturated heterocycles. The number of ether oxygens (including phenoxy) is 2. The van der Waals surface area contributed by atoms with E-state index < -0.39 is 5.97 Å². The van der Waals surface area contributed by atoms with E-state index in [0.29, 0.717) is 11.5 Å². The molecule has 0 N–H and O–H groups in total.